The number of nitrogens with one attached hydrogen (secondary N) is 1. The summed E-state index contributed by atoms with van der Waals surface area (Å²) in [5.74, 6) is 1.33. The highest BCUT2D eigenvalue weighted by molar-refractivity contribution is 5.42. The summed E-state index contributed by atoms with van der Waals surface area (Å²) in [6.07, 6.45) is 6.15. The van der Waals surface area contributed by atoms with Crippen molar-refractivity contribution in [2.45, 2.75) is 38.7 Å². The van der Waals surface area contributed by atoms with Gasteiger partial charge in [-0.2, -0.15) is 0 Å². The summed E-state index contributed by atoms with van der Waals surface area (Å²) in [4.78, 5) is 4.29. The van der Waals surface area contributed by atoms with E-state index < -0.39 is 0 Å². The third-order valence-electron chi connectivity index (χ3n) is 3.41. The van der Waals surface area contributed by atoms with Gasteiger partial charge in [-0.3, -0.25) is 0 Å². The first kappa shape index (κ1) is 11.4. The summed E-state index contributed by atoms with van der Waals surface area (Å²) in [7, 11) is 0. The van der Waals surface area contributed by atoms with Crippen molar-refractivity contribution >= 4 is 5.82 Å². The maximum Gasteiger partial charge on any atom is 0.128 e. The highest BCUT2D eigenvalue weighted by atomic mass is 16.3. The summed E-state index contributed by atoms with van der Waals surface area (Å²) in [6.45, 7) is 2.88. The lowest BCUT2D eigenvalue weighted by Crippen LogP contribution is -2.30. The van der Waals surface area contributed by atoms with Gasteiger partial charge in [0.1, 0.15) is 5.82 Å². The summed E-state index contributed by atoms with van der Waals surface area (Å²) >= 11 is 0. The van der Waals surface area contributed by atoms with E-state index in [2.05, 4.69) is 10.3 Å². The summed E-state index contributed by atoms with van der Waals surface area (Å²) in [5.41, 5.74) is 1.16. The second-order valence-corrected chi connectivity index (χ2v) is 4.66. The zero-order chi connectivity index (χ0) is 11.4. The molecule has 0 radical (unpaired) electrons. The quantitative estimate of drug-likeness (QED) is 0.822. The molecule has 1 aliphatic carbocycles. The molecule has 3 heteroatoms. The molecule has 2 unspecified atom stereocenters. The summed E-state index contributed by atoms with van der Waals surface area (Å²) < 4.78 is 0. The normalized spacial score (nSPS) is 25.4. The van der Waals surface area contributed by atoms with Gasteiger partial charge in [0.05, 0.1) is 6.10 Å². The Morgan fingerprint density at radius 1 is 1.44 bits per heavy atom. The molecule has 0 spiro atoms. The van der Waals surface area contributed by atoms with Crippen LogP contribution in [0.15, 0.2) is 18.3 Å². The number of aliphatic hydroxyl groups is 1. The number of aliphatic hydroxyl groups excluding tert-OH is 1. The fourth-order valence-electron chi connectivity index (χ4n) is 2.32. The van der Waals surface area contributed by atoms with Crippen LogP contribution in [0.4, 0.5) is 5.82 Å². The van der Waals surface area contributed by atoms with E-state index >= 15 is 0 Å². The van der Waals surface area contributed by atoms with Crippen LogP contribution < -0.4 is 5.32 Å². The smallest absolute Gasteiger partial charge is 0.128 e. The van der Waals surface area contributed by atoms with Crippen LogP contribution in [0, 0.1) is 12.8 Å². The number of hydrogen-bond donors (Lipinski definition) is 2. The lowest BCUT2D eigenvalue weighted by atomic mass is 9.86. The largest absolute Gasteiger partial charge is 0.393 e. The molecule has 1 heterocycles. The zero-order valence-corrected chi connectivity index (χ0v) is 9.82. The number of aromatic nitrogens is 1. The summed E-state index contributed by atoms with van der Waals surface area (Å²) in [6, 6.07) is 3.99. The zero-order valence-electron chi connectivity index (χ0n) is 9.82. The molecular weight excluding hydrogens is 200 g/mol. The molecule has 0 amide bonds. The molecule has 2 atom stereocenters. The first-order valence-corrected chi connectivity index (χ1v) is 6.11. The Hall–Kier alpha value is -1.09. The molecule has 1 aliphatic rings. The second kappa shape index (κ2) is 5.30. The Morgan fingerprint density at radius 2 is 2.25 bits per heavy atom. The Labute approximate surface area is 96.9 Å². The van der Waals surface area contributed by atoms with E-state index in [1.807, 2.05) is 19.1 Å². The van der Waals surface area contributed by atoms with E-state index in [1.165, 1.54) is 12.8 Å². The average molecular weight is 220 g/mol. The first-order valence-electron chi connectivity index (χ1n) is 6.11. The monoisotopic (exact) mass is 220 g/mol. The highest BCUT2D eigenvalue weighted by Gasteiger charge is 2.22. The van der Waals surface area contributed by atoms with Crippen LogP contribution >= 0.6 is 0 Å². The van der Waals surface area contributed by atoms with E-state index in [0.29, 0.717) is 5.92 Å². The molecule has 0 aromatic carbocycles. The van der Waals surface area contributed by atoms with Gasteiger partial charge < -0.3 is 10.4 Å². The van der Waals surface area contributed by atoms with Crippen molar-refractivity contribution in [3.05, 3.63) is 23.9 Å². The van der Waals surface area contributed by atoms with Crippen molar-refractivity contribution in [3.63, 3.8) is 0 Å². The molecule has 1 aromatic heterocycles. The Kier molecular flexibility index (Phi) is 3.78. The molecule has 1 saturated carbocycles. The standard InChI is InChI=1S/C13H20N2O/c1-10-5-4-8-14-13(10)15-9-11-6-2-3-7-12(11)16/h4-5,8,11-12,16H,2-3,6-7,9H2,1H3,(H,14,15). The SMILES string of the molecule is Cc1cccnc1NCC1CCCCC1O. The van der Waals surface area contributed by atoms with Crippen LogP contribution in [-0.4, -0.2) is 22.7 Å². The number of anilines is 1. The van der Waals surface area contributed by atoms with Gasteiger partial charge in [0.15, 0.2) is 0 Å². The number of aryl methyl sites for hydroxylation is 1. The van der Waals surface area contributed by atoms with E-state index in [0.717, 1.165) is 30.8 Å². The van der Waals surface area contributed by atoms with E-state index in [1.54, 1.807) is 6.20 Å². The van der Waals surface area contributed by atoms with Crippen LogP contribution in [0.25, 0.3) is 0 Å². The molecule has 3 nitrogen and oxygen atoms in total. The lowest BCUT2D eigenvalue weighted by Gasteiger charge is -2.27. The minimum absolute atomic E-state index is 0.134. The molecule has 1 aromatic rings. The molecule has 2 N–H and O–H groups in total. The second-order valence-electron chi connectivity index (χ2n) is 4.66. The van der Waals surface area contributed by atoms with Crippen molar-refractivity contribution in [3.8, 4) is 0 Å². The van der Waals surface area contributed by atoms with Gasteiger partial charge in [0.25, 0.3) is 0 Å². The lowest BCUT2D eigenvalue weighted by molar-refractivity contribution is 0.0763. The van der Waals surface area contributed by atoms with Gasteiger partial charge in [-0.15, -0.1) is 0 Å². The van der Waals surface area contributed by atoms with Crippen LogP contribution in [-0.2, 0) is 0 Å². The van der Waals surface area contributed by atoms with E-state index in [-0.39, 0.29) is 6.10 Å². The fourth-order valence-corrected chi connectivity index (χ4v) is 2.32. The predicted octanol–water partition coefficient (Wildman–Crippen LogP) is 2.35. The minimum atomic E-state index is -0.134. The van der Waals surface area contributed by atoms with Crippen LogP contribution in [0.1, 0.15) is 31.2 Å². The minimum Gasteiger partial charge on any atom is -0.393 e. The molecule has 2 rings (SSSR count). The van der Waals surface area contributed by atoms with E-state index in [9.17, 15) is 5.11 Å². The maximum atomic E-state index is 9.86. The molecule has 0 saturated heterocycles. The molecule has 1 fully saturated rings. The molecule has 88 valence electrons. The van der Waals surface area contributed by atoms with Gasteiger partial charge in [0.2, 0.25) is 0 Å². The van der Waals surface area contributed by atoms with Gasteiger partial charge in [-0.05, 0) is 31.4 Å². The van der Waals surface area contributed by atoms with Crippen molar-refractivity contribution in [1.82, 2.24) is 4.98 Å². The molecule has 16 heavy (non-hydrogen) atoms. The number of pyridine rings is 1. The van der Waals surface area contributed by atoms with E-state index in [4.69, 9.17) is 0 Å². The molecule has 0 bridgehead atoms. The van der Waals surface area contributed by atoms with Crippen LogP contribution in [0.3, 0.4) is 0 Å². The molecular formula is C13H20N2O. The van der Waals surface area contributed by atoms with Crippen LogP contribution in [0.5, 0.6) is 0 Å². The first-order chi connectivity index (χ1) is 7.77. The van der Waals surface area contributed by atoms with Crippen LogP contribution in [0.2, 0.25) is 0 Å². The maximum absolute atomic E-state index is 9.86. The average Bonchev–Trinajstić information content (AvgIpc) is 2.30. The van der Waals surface area contributed by atoms with Crippen molar-refractivity contribution in [1.29, 1.82) is 0 Å². The van der Waals surface area contributed by atoms with Gasteiger partial charge in [0, 0.05) is 18.7 Å². The van der Waals surface area contributed by atoms with Gasteiger partial charge in [-0.25, -0.2) is 4.98 Å². The number of nitrogens with zero attached hydrogens (tertiary/aromatic N) is 1. The van der Waals surface area contributed by atoms with Crippen molar-refractivity contribution < 1.29 is 5.11 Å². The Balaban J connectivity index is 1.89. The third-order valence-corrected chi connectivity index (χ3v) is 3.41. The summed E-state index contributed by atoms with van der Waals surface area (Å²) in [5, 5.41) is 13.2. The third kappa shape index (κ3) is 2.73. The van der Waals surface area contributed by atoms with Crippen molar-refractivity contribution in [2.24, 2.45) is 5.92 Å². The topological polar surface area (TPSA) is 45.2 Å². The fraction of sp³-hybridized carbons (Fsp3) is 0.615. The van der Waals surface area contributed by atoms with Gasteiger partial charge in [-0.1, -0.05) is 18.9 Å². The number of rotatable bonds is 3. The number of hydrogen-bond acceptors (Lipinski definition) is 3. The highest BCUT2D eigenvalue weighted by Crippen LogP contribution is 2.24. The Morgan fingerprint density at radius 3 is 3.00 bits per heavy atom. The molecule has 0 aliphatic heterocycles. The Bertz CT molecular complexity index is 340. The van der Waals surface area contributed by atoms with Gasteiger partial charge >= 0.3 is 0 Å². The predicted molar refractivity (Wildman–Crippen MR) is 65.4 cm³/mol. The van der Waals surface area contributed by atoms with Crippen molar-refractivity contribution in [2.75, 3.05) is 11.9 Å².